The van der Waals surface area contributed by atoms with E-state index in [1.165, 1.54) is 0 Å². The number of sulfonamides is 1. The molecule has 3 rings (SSSR count). The summed E-state index contributed by atoms with van der Waals surface area (Å²) in [6, 6.07) is 7.80. The molecule has 116 valence electrons. The van der Waals surface area contributed by atoms with Gasteiger partial charge in [-0.3, -0.25) is 4.31 Å². The van der Waals surface area contributed by atoms with Gasteiger partial charge in [-0.1, -0.05) is 17.7 Å². The lowest BCUT2D eigenvalue weighted by Crippen LogP contribution is -2.36. The predicted molar refractivity (Wildman–Crippen MR) is 80.7 cm³/mol. The van der Waals surface area contributed by atoms with E-state index in [1.807, 2.05) is 0 Å². The van der Waals surface area contributed by atoms with Crippen molar-refractivity contribution < 1.29 is 17.2 Å². The van der Waals surface area contributed by atoms with E-state index in [9.17, 15) is 17.2 Å². The van der Waals surface area contributed by atoms with Crippen LogP contribution in [0.2, 0.25) is 5.02 Å². The summed E-state index contributed by atoms with van der Waals surface area (Å²) in [6.45, 7) is 0.171. The number of nitrogens with zero attached hydrogens (tertiary/aromatic N) is 1. The summed E-state index contributed by atoms with van der Waals surface area (Å²) in [5.41, 5.74) is 1.16. The Hall–Kier alpha value is -1.66. The fraction of sp³-hybridized carbons (Fsp3) is 0.200. The lowest BCUT2D eigenvalue weighted by molar-refractivity contribution is 0.516. The van der Waals surface area contributed by atoms with Gasteiger partial charge in [0.2, 0.25) is 0 Å². The van der Waals surface area contributed by atoms with Gasteiger partial charge in [-0.05, 0) is 48.7 Å². The average molecular weight is 344 g/mol. The molecule has 0 unspecified atom stereocenters. The highest BCUT2D eigenvalue weighted by atomic mass is 35.5. The van der Waals surface area contributed by atoms with E-state index in [2.05, 4.69) is 0 Å². The van der Waals surface area contributed by atoms with E-state index in [1.54, 1.807) is 18.2 Å². The summed E-state index contributed by atoms with van der Waals surface area (Å²) in [4.78, 5) is -0.919. The summed E-state index contributed by atoms with van der Waals surface area (Å²) < 4.78 is 54.2. The van der Waals surface area contributed by atoms with Gasteiger partial charge < -0.3 is 0 Å². The maximum atomic E-state index is 13.9. The number of benzene rings is 2. The van der Waals surface area contributed by atoms with Gasteiger partial charge in [0.25, 0.3) is 10.0 Å². The molecule has 0 amide bonds. The molecule has 0 fully saturated rings. The third-order valence-electron chi connectivity index (χ3n) is 3.58. The standard InChI is InChI=1S/C15H12ClF2NO2S/c16-11-6-7-14-10(9-11)3-2-8-19(14)22(20,21)15-12(17)4-1-5-13(15)18/h1,4-7,9H,2-3,8H2. The lowest BCUT2D eigenvalue weighted by atomic mass is 10.0. The number of halogens is 3. The van der Waals surface area contributed by atoms with E-state index < -0.39 is 26.6 Å². The number of fused-ring (bicyclic) bond motifs is 1. The average Bonchev–Trinajstić information content (AvgIpc) is 2.45. The van der Waals surface area contributed by atoms with Crippen LogP contribution in [0.4, 0.5) is 14.5 Å². The summed E-state index contributed by atoms with van der Waals surface area (Å²) in [6.07, 6.45) is 1.23. The minimum absolute atomic E-state index is 0.171. The van der Waals surface area contributed by atoms with Crippen molar-refractivity contribution in [3.05, 3.63) is 58.6 Å². The van der Waals surface area contributed by atoms with Crippen molar-refractivity contribution in [3.63, 3.8) is 0 Å². The molecule has 22 heavy (non-hydrogen) atoms. The molecule has 0 N–H and O–H groups in total. The zero-order valence-electron chi connectivity index (χ0n) is 11.4. The van der Waals surface area contributed by atoms with Crippen LogP contribution in [0.5, 0.6) is 0 Å². The highest BCUT2D eigenvalue weighted by Crippen LogP contribution is 2.34. The second kappa shape index (κ2) is 5.52. The van der Waals surface area contributed by atoms with Crippen molar-refractivity contribution in [3.8, 4) is 0 Å². The first kappa shape index (κ1) is 15.2. The van der Waals surface area contributed by atoms with Gasteiger partial charge in [-0.25, -0.2) is 17.2 Å². The molecular formula is C15H12ClF2NO2S. The highest BCUT2D eigenvalue weighted by Gasteiger charge is 2.33. The molecule has 0 saturated heterocycles. The molecule has 0 aromatic heterocycles. The molecule has 0 spiro atoms. The molecule has 0 bridgehead atoms. The van der Waals surface area contributed by atoms with Crippen molar-refractivity contribution in [1.82, 2.24) is 0 Å². The van der Waals surface area contributed by atoms with Crippen LogP contribution in [0.1, 0.15) is 12.0 Å². The predicted octanol–water partition coefficient (Wildman–Crippen LogP) is 3.76. The van der Waals surface area contributed by atoms with Gasteiger partial charge in [0, 0.05) is 11.6 Å². The Kier molecular flexibility index (Phi) is 3.82. The molecule has 2 aromatic carbocycles. The maximum absolute atomic E-state index is 13.9. The van der Waals surface area contributed by atoms with Gasteiger partial charge in [0.15, 0.2) is 4.90 Å². The summed E-state index contributed by atoms with van der Waals surface area (Å²) in [7, 11) is -4.31. The summed E-state index contributed by atoms with van der Waals surface area (Å²) in [5, 5.41) is 0.495. The minimum atomic E-state index is -4.31. The van der Waals surface area contributed by atoms with Gasteiger partial charge in [-0.2, -0.15) is 0 Å². The Morgan fingerprint density at radius 2 is 1.77 bits per heavy atom. The Labute approximate surface area is 132 Å². The Balaban J connectivity index is 2.16. The fourth-order valence-corrected chi connectivity index (χ4v) is 4.47. The smallest absolute Gasteiger partial charge is 0.266 e. The molecule has 1 heterocycles. The largest absolute Gasteiger partial charge is 0.270 e. The number of anilines is 1. The van der Waals surface area contributed by atoms with Crippen molar-refractivity contribution in [1.29, 1.82) is 0 Å². The molecule has 3 nitrogen and oxygen atoms in total. The van der Waals surface area contributed by atoms with Crippen LogP contribution in [-0.2, 0) is 16.4 Å². The van der Waals surface area contributed by atoms with Crippen molar-refractivity contribution >= 4 is 27.3 Å². The number of aryl methyl sites for hydroxylation is 1. The van der Waals surface area contributed by atoms with Crippen molar-refractivity contribution in [2.24, 2.45) is 0 Å². The van der Waals surface area contributed by atoms with Gasteiger partial charge in [0.1, 0.15) is 11.6 Å². The Bertz CT molecular complexity index is 819. The third-order valence-corrected chi connectivity index (χ3v) is 5.69. The topological polar surface area (TPSA) is 37.4 Å². The molecule has 0 atom stereocenters. The van der Waals surface area contributed by atoms with Crippen LogP contribution >= 0.6 is 11.6 Å². The van der Waals surface area contributed by atoms with Gasteiger partial charge >= 0.3 is 0 Å². The fourth-order valence-electron chi connectivity index (χ4n) is 2.62. The van der Waals surface area contributed by atoms with Crippen LogP contribution < -0.4 is 4.31 Å². The molecule has 0 radical (unpaired) electrons. The number of hydrogen-bond donors (Lipinski definition) is 0. The maximum Gasteiger partial charge on any atom is 0.270 e. The van der Waals surface area contributed by atoms with Gasteiger partial charge in [-0.15, -0.1) is 0 Å². The van der Waals surface area contributed by atoms with Crippen molar-refractivity contribution in [2.75, 3.05) is 10.8 Å². The van der Waals surface area contributed by atoms with Crippen LogP contribution in [0.3, 0.4) is 0 Å². The highest BCUT2D eigenvalue weighted by molar-refractivity contribution is 7.92. The van der Waals surface area contributed by atoms with E-state index in [0.717, 1.165) is 28.1 Å². The first-order valence-corrected chi connectivity index (χ1v) is 8.48. The number of rotatable bonds is 2. The second-order valence-corrected chi connectivity index (χ2v) is 7.24. The van der Waals surface area contributed by atoms with Crippen LogP contribution in [-0.4, -0.2) is 15.0 Å². The molecule has 0 aliphatic carbocycles. The van der Waals surface area contributed by atoms with E-state index in [-0.39, 0.29) is 6.54 Å². The van der Waals surface area contributed by atoms with Crippen molar-refractivity contribution in [2.45, 2.75) is 17.7 Å². The van der Waals surface area contributed by atoms with E-state index in [4.69, 9.17) is 11.6 Å². The minimum Gasteiger partial charge on any atom is -0.266 e. The molecule has 1 aliphatic heterocycles. The van der Waals surface area contributed by atoms with Crippen LogP contribution in [0.15, 0.2) is 41.3 Å². The van der Waals surface area contributed by atoms with E-state index in [0.29, 0.717) is 23.6 Å². The normalized spacial score (nSPS) is 14.8. The summed E-state index contributed by atoms with van der Waals surface area (Å²) in [5.74, 6) is -2.19. The van der Waals surface area contributed by atoms with E-state index >= 15 is 0 Å². The number of hydrogen-bond acceptors (Lipinski definition) is 2. The Morgan fingerprint density at radius 1 is 1.09 bits per heavy atom. The summed E-state index contributed by atoms with van der Waals surface area (Å²) >= 11 is 5.92. The zero-order valence-corrected chi connectivity index (χ0v) is 13.0. The first-order chi connectivity index (χ1) is 10.4. The zero-order chi connectivity index (χ0) is 15.9. The Morgan fingerprint density at radius 3 is 2.45 bits per heavy atom. The first-order valence-electron chi connectivity index (χ1n) is 6.66. The third kappa shape index (κ3) is 2.46. The molecular weight excluding hydrogens is 332 g/mol. The monoisotopic (exact) mass is 343 g/mol. The molecule has 1 aliphatic rings. The SMILES string of the molecule is O=S(=O)(c1c(F)cccc1F)N1CCCc2cc(Cl)ccc21. The van der Waals surface area contributed by atoms with Crippen LogP contribution in [0, 0.1) is 11.6 Å². The molecule has 2 aromatic rings. The quantitative estimate of drug-likeness (QED) is 0.832. The van der Waals surface area contributed by atoms with Crippen LogP contribution in [0.25, 0.3) is 0 Å². The molecule has 0 saturated carbocycles. The second-order valence-electron chi connectivity index (χ2n) is 5.00. The molecule has 7 heteroatoms. The lowest BCUT2D eigenvalue weighted by Gasteiger charge is -2.30. The van der Waals surface area contributed by atoms with Gasteiger partial charge in [0.05, 0.1) is 5.69 Å².